The van der Waals surface area contributed by atoms with Gasteiger partial charge in [0.15, 0.2) is 17.5 Å². The smallest absolute Gasteiger partial charge is 0.175 e. The van der Waals surface area contributed by atoms with Crippen LogP contribution in [0.15, 0.2) is 59.6 Å². The quantitative estimate of drug-likeness (QED) is 0.316. The lowest BCUT2D eigenvalue weighted by Crippen LogP contribution is -2.09. The maximum atomic E-state index is 9.21. The number of nitrogen functional groups attached to an aromatic ring is 1. The highest BCUT2D eigenvalue weighted by atomic mass is 16.3. The topological polar surface area (TPSA) is 135 Å². The van der Waals surface area contributed by atoms with Gasteiger partial charge in [0.05, 0.1) is 17.5 Å². The zero-order chi connectivity index (χ0) is 18.5. The number of anilines is 2. The number of pyridine rings is 1. The van der Waals surface area contributed by atoms with Gasteiger partial charge in [0, 0.05) is 24.2 Å². The number of nitrogens with one attached hydrogen (secondary N) is 1. The van der Waals surface area contributed by atoms with Crippen molar-refractivity contribution in [2.75, 3.05) is 11.1 Å². The maximum Gasteiger partial charge on any atom is 0.175 e. The van der Waals surface area contributed by atoms with Gasteiger partial charge in [-0.05, 0) is 30.7 Å². The molecule has 2 heterocycles. The van der Waals surface area contributed by atoms with Crippen LogP contribution in [0.25, 0.3) is 10.9 Å². The lowest BCUT2D eigenvalue weighted by Gasteiger charge is -2.09. The van der Waals surface area contributed by atoms with Crippen LogP contribution in [0.2, 0.25) is 0 Å². The average Bonchev–Trinajstić information content (AvgIpc) is 2.61. The van der Waals surface area contributed by atoms with E-state index in [1.165, 1.54) is 19.2 Å². The fourth-order valence-corrected chi connectivity index (χ4v) is 2.37. The maximum absolute atomic E-state index is 9.21. The lowest BCUT2D eigenvalue weighted by molar-refractivity contribution is 0.415. The third-order valence-corrected chi connectivity index (χ3v) is 3.52. The molecule has 0 saturated carbocycles. The van der Waals surface area contributed by atoms with Crippen LogP contribution < -0.4 is 16.8 Å². The van der Waals surface area contributed by atoms with Crippen LogP contribution in [-0.2, 0) is 6.54 Å². The number of aliphatic hydroxyl groups excluding tert-OH is 1. The van der Waals surface area contributed by atoms with Gasteiger partial charge in [-0.1, -0.05) is 12.1 Å². The molecule has 0 bridgehead atoms. The molecule has 0 aliphatic carbocycles. The minimum Gasteiger partial charge on any atom is -0.512 e. The summed E-state index contributed by atoms with van der Waals surface area (Å²) in [6, 6.07) is 9.91. The van der Waals surface area contributed by atoms with Crippen LogP contribution in [0.3, 0.4) is 0 Å². The number of nitrogens with two attached hydrogens (primary N) is 2. The second-order valence-corrected chi connectivity index (χ2v) is 5.67. The fraction of sp³-hybridized carbons (Fsp3) is 0.111. The first-order valence-corrected chi connectivity index (χ1v) is 7.93. The third-order valence-electron chi connectivity index (χ3n) is 3.52. The molecule has 0 amide bonds. The molecule has 0 aliphatic rings. The predicted molar refractivity (Wildman–Crippen MR) is 103 cm³/mol. The minimum absolute atomic E-state index is 0.0544. The van der Waals surface area contributed by atoms with Crippen molar-refractivity contribution < 1.29 is 5.11 Å². The number of aromatic nitrogens is 3. The Morgan fingerprint density at radius 1 is 1.31 bits per heavy atom. The van der Waals surface area contributed by atoms with E-state index < -0.39 is 0 Å². The molecule has 132 valence electrons. The van der Waals surface area contributed by atoms with Gasteiger partial charge in [-0.2, -0.15) is 0 Å². The van der Waals surface area contributed by atoms with E-state index in [-0.39, 0.29) is 17.4 Å². The number of amidine groups is 1. The molecular formula is C18H19N7O. The summed E-state index contributed by atoms with van der Waals surface area (Å²) in [6.45, 7) is 2.02. The van der Waals surface area contributed by atoms with E-state index in [2.05, 4.69) is 25.3 Å². The molecular weight excluding hydrogens is 330 g/mol. The summed E-state index contributed by atoms with van der Waals surface area (Å²) in [5, 5.41) is 13.4. The molecule has 0 aliphatic heterocycles. The van der Waals surface area contributed by atoms with Crippen molar-refractivity contribution in [1.82, 2.24) is 15.0 Å². The van der Waals surface area contributed by atoms with E-state index >= 15 is 0 Å². The van der Waals surface area contributed by atoms with Crippen molar-refractivity contribution in [1.29, 1.82) is 0 Å². The second-order valence-electron chi connectivity index (χ2n) is 5.67. The van der Waals surface area contributed by atoms with E-state index in [4.69, 9.17) is 11.5 Å². The highest BCUT2D eigenvalue weighted by Crippen LogP contribution is 2.19. The van der Waals surface area contributed by atoms with Crippen molar-refractivity contribution in [3.8, 4) is 0 Å². The number of hydrogen-bond donors (Lipinski definition) is 4. The number of benzene rings is 1. The molecule has 26 heavy (non-hydrogen) atoms. The Labute approximate surface area is 150 Å². The number of fused-ring (bicyclic) bond motifs is 1. The zero-order valence-corrected chi connectivity index (χ0v) is 14.2. The monoisotopic (exact) mass is 349 g/mol. The van der Waals surface area contributed by atoms with Gasteiger partial charge < -0.3 is 21.9 Å². The summed E-state index contributed by atoms with van der Waals surface area (Å²) >= 11 is 0. The SMILES string of the molecule is C/C(O)=C/C(N)=Nc1cnc(N)c(NCc2ccc3ncccc3c2)n1. The Hall–Kier alpha value is -3.68. The first kappa shape index (κ1) is 17.2. The van der Waals surface area contributed by atoms with Crippen molar-refractivity contribution >= 4 is 34.2 Å². The van der Waals surface area contributed by atoms with Gasteiger partial charge in [0.1, 0.15) is 5.84 Å². The molecule has 0 atom stereocenters. The molecule has 0 saturated heterocycles. The number of allylic oxidation sites excluding steroid dienone is 1. The summed E-state index contributed by atoms with van der Waals surface area (Å²) in [5.41, 5.74) is 13.6. The fourth-order valence-electron chi connectivity index (χ4n) is 2.37. The molecule has 3 aromatic rings. The van der Waals surface area contributed by atoms with Crippen LogP contribution in [0.4, 0.5) is 17.5 Å². The Morgan fingerprint density at radius 3 is 2.96 bits per heavy atom. The van der Waals surface area contributed by atoms with E-state index in [1.807, 2.05) is 30.3 Å². The standard InChI is InChI=1S/C18H19N7O/c1-11(26)7-15(19)24-16-10-22-17(20)18(25-16)23-9-12-4-5-14-13(8-12)3-2-6-21-14/h2-8,10,26H,9H2,1H3,(H2,20,22)(H3,19,23,24,25)/b11-7-. The number of nitrogens with zero attached hydrogens (tertiary/aromatic N) is 4. The van der Waals surface area contributed by atoms with Crippen molar-refractivity contribution in [3.05, 3.63) is 60.1 Å². The zero-order valence-electron chi connectivity index (χ0n) is 14.2. The van der Waals surface area contributed by atoms with Gasteiger partial charge in [-0.25, -0.2) is 15.0 Å². The van der Waals surface area contributed by atoms with Crippen molar-refractivity contribution in [2.45, 2.75) is 13.5 Å². The van der Waals surface area contributed by atoms with Gasteiger partial charge in [0.2, 0.25) is 0 Å². The predicted octanol–water partition coefficient (Wildman–Crippen LogP) is 2.67. The molecule has 1 aromatic carbocycles. The molecule has 2 aromatic heterocycles. The van der Waals surface area contributed by atoms with Crippen molar-refractivity contribution in [2.24, 2.45) is 10.7 Å². The number of aliphatic imine (C=N–C) groups is 1. The Bertz CT molecular complexity index is 994. The first-order valence-electron chi connectivity index (χ1n) is 7.93. The number of aliphatic hydroxyl groups is 1. The minimum atomic E-state index is 0.0544. The first-order chi connectivity index (χ1) is 12.5. The van der Waals surface area contributed by atoms with Crippen molar-refractivity contribution in [3.63, 3.8) is 0 Å². The molecule has 6 N–H and O–H groups in total. The van der Waals surface area contributed by atoms with E-state index in [9.17, 15) is 5.11 Å². The normalized spacial score (nSPS) is 12.3. The summed E-state index contributed by atoms with van der Waals surface area (Å²) in [5.74, 6) is 1.14. The lowest BCUT2D eigenvalue weighted by atomic mass is 10.1. The Morgan fingerprint density at radius 2 is 2.15 bits per heavy atom. The summed E-state index contributed by atoms with van der Waals surface area (Å²) in [7, 11) is 0. The molecule has 0 unspecified atom stereocenters. The average molecular weight is 349 g/mol. The summed E-state index contributed by atoms with van der Waals surface area (Å²) in [6.07, 6.45) is 4.51. The van der Waals surface area contributed by atoms with Crippen LogP contribution in [0, 0.1) is 0 Å². The summed E-state index contributed by atoms with van der Waals surface area (Å²) in [4.78, 5) is 16.8. The molecule has 0 radical (unpaired) electrons. The van der Waals surface area contributed by atoms with Crippen LogP contribution in [0.1, 0.15) is 12.5 Å². The van der Waals surface area contributed by atoms with Gasteiger partial charge in [-0.15, -0.1) is 0 Å². The molecule has 0 fully saturated rings. The van der Waals surface area contributed by atoms with Gasteiger partial charge in [0.25, 0.3) is 0 Å². The molecule has 8 heteroatoms. The highest BCUT2D eigenvalue weighted by Gasteiger charge is 2.05. The molecule has 3 rings (SSSR count). The van der Waals surface area contributed by atoms with E-state index in [0.717, 1.165) is 16.5 Å². The molecule has 0 spiro atoms. The van der Waals surface area contributed by atoms with E-state index in [0.29, 0.717) is 18.2 Å². The second kappa shape index (κ2) is 7.47. The van der Waals surface area contributed by atoms with Crippen LogP contribution >= 0.6 is 0 Å². The van der Waals surface area contributed by atoms with E-state index in [1.54, 1.807) is 6.20 Å². The van der Waals surface area contributed by atoms with Crippen LogP contribution in [0.5, 0.6) is 0 Å². The third kappa shape index (κ3) is 4.23. The number of rotatable bonds is 5. The Kier molecular flexibility index (Phi) is 4.93. The van der Waals surface area contributed by atoms with Crippen LogP contribution in [-0.4, -0.2) is 25.9 Å². The van der Waals surface area contributed by atoms with Gasteiger partial charge >= 0.3 is 0 Å². The largest absolute Gasteiger partial charge is 0.512 e. The molecule has 8 nitrogen and oxygen atoms in total. The van der Waals surface area contributed by atoms with Gasteiger partial charge in [-0.3, -0.25) is 4.98 Å². The summed E-state index contributed by atoms with van der Waals surface area (Å²) < 4.78 is 0. The highest BCUT2D eigenvalue weighted by molar-refractivity contribution is 5.93. The Balaban J connectivity index is 1.78. The number of hydrogen-bond acceptors (Lipinski definition) is 7.